The summed E-state index contributed by atoms with van der Waals surface area (Å²) in [5.74, 6) is -0.376. The molecule has 29 heavy (non-hydrogen) atoms. The Hall–Kier alpha value is -3.41. The van der Waals surface area contributed by atoms with Gasteiger partial charge in [0.25, 0.3) is 5.91 Å². The molecule has 0 radical (unpaired) electrons. The van der Waals surface area contributed by atoms with Crippen LogP contribution < -0.4 is 10.6 Å². The quantitative estimate of drug-likeness (QED) is 0.770. The molecule has 2 aromatic rings. The monoisotopic (exact) mass is 391 g/mol. The van der Waals surface area contributed by atoms with E-state index < -0.39 is 0 Å². The van der Waals surface area contributed by atoms with E-state index >= 15 is 0 Å². The van der Waals surface area contributed by atoms with Gasteiger partial charge in [0.05, 0.1) is 0 Å². The minimum absolute atomic E-state index is 0.0301. The molecule has 0 aliphatic carbocycles. The zero-order valence-corrected chi connectivity index (χ0v) is 16.4. The van der Waals surface area contributed by atoms with E-state index in [1.807, 2.05) is 36.4 Å². The highest BCUT2D eigenvalue weighted by Crippen LogP contribution is 2.20. The molecule has 1 saturated heterocycles. The number of rotatable bonds is 5. The summed E-state index contributed by atoms with van der Waals surface area (Å²) in [5.41, 5.74) is 2.19. The zero-order valence-electron chi connectivity index (χ0n) is 16.4. The van der Waals surface area contributed by atoms with Crippen LogP contribution in [0.1, 0.15) is 28.8 Å². The number of amides is 3. The normalized spacial score (nSPS) is 14.6. The van der Waals surface area contributed by atoms with Gasteiger partial charge in [0.15, 0.2) is 0 Å². The molecular formula is C23H25N3O3. The van der Waals surface area contributed by atoms with Crippen LogP contribution in [0.5, 0.6) is 0 Å². The van der Waals surface area contributed by atoms with Gasteiger partial charge in [-0.25, -0.2) is 0 Å². The molecular weight excluding hydrogens is 366 g/mol. The van der Waals surface area contributed by atoms with E-state index in [-0.39, 0.29) is 23.6 Å². The van der Waals surface area contributed by atoms with Crippen molar-refractivity contribution < 1.29 is 14.4 Å². The van der Waals surface area contributed by atoms with Gasteiger partial charge in [-0.2, -0.15) is 0 Å². The van der Waals surface area contributed by atoms with Gasteiger partial charge in [-0.15, -0.1) is 0 Å². The number of likely N-dealkylation sites (tertiary alicyclic amines) is 1. The highest BCUT2D eigenvalue weighted by Gasteiger charge is 2.26. The number of piperidine rings is 1. The Labute approximate surface area is 170 Å². The lowest BCUT2D eigenvalue weighted by atomic mass is 9.95. The summed E-state index contributed by atoms with van der Waals surface area (Å²) in [4.78, 5) is 38.2. The summed E-state index contributed by atoms with van der Waals surface area (Å²) in [6.45, 7) is 1.12. The highest BCUT2D eigenvalue weighted by molar-refractivity contribution is 5.96. The van der Waals surface area contributed by atoms with Gasteiger partial charge in [-0.05, 0) is 48.7 Å². The molecule has 0 bridgehead atoms. The lowest BCUT2D eigenvalue weighted by Gasteiger charge is -2.30. The Morgan fingerprint density at radius 3 is 2.24 bits per heavy atom. The number of hydrogen-bond acceptors (Lipinski definition) is 3. The second-order valence-electron chi connectivity index (χ2n) is 6.99. The molecule has 150 valence electrons. The minimum atomic E-state index is -0.166. The van der Waals surface area contributed by atoms with Crippen molar-refractivity contribution >= 4 is 29.5 Å². The minimum Gasteiger partial charge on any atom is -0.355 e. The summed E-state index contributed by atoms with van der Waals surface area (Å²) in [5, 5.41) is 5.46. The van der Waals surface area contributed by atoms with E-state index in [2.05, 4.69) is 10.6 Å². The summed E-state index contributed by atoms with van der Waals surface area (Å²) in [7, 11) is 1.58. The largest absolute Gasteiger partial charge is 0.355 e. The fourth-order valence-electron chi connectivity index (χ4n) is 3.29. The molecule has 0 atom stereocenters. The van der Waals surface area contributed by atoms with E-state index in [0.717, 1.165) is 5.56 Å². The lowest BCUT2D eigenvalue weighted by Crippen LogP contribution is -2.40. The first-order chi connectivity index (χ1) is 14.1. The first kappa shape index (κ1) is 20.3. The van der Waals surface area contributed by atoms with Gasteiger partial charge >= 0.3 is 0 Å². The summed E-state index contributed by atoms with van der Waals surface area (Å²) < 4.78 is 0. The average molecular weight is 391 g/mol. The van der Waals surface area contributed by atoms with Gasteiger partial charge in [0.1, 0.15) is 0 Å². The predicted octanol–water partition coefficient (Wildman–Crippen LogP) is 2.94. The first-order valence-corrected chi connectivity index (χ1v) is 9.72. The summed E-state index contributed by atoms with van der Waals surface area (Å²) in [6.07, 6.45) is 4.66. The van der Waals surface area contributed by atoms with Crippen molar-refractivity contribution in [2.75, 3.05) is 25.5 Å². The molecule has 1 heterocycles. The molecule has 6 nitrogen and oxygen atoms in total. The number of anilines is 1. The van der Waals surface area contributed by atoms with Gasteiger partial charge in [0, 0.05) is 43.4 Å². The number of carbonyl (C=O) groups excluding carboxylic acids is 3. The number of hydrogen-bond donors (Lipinski definition) is 2. The van der Waals surface area contributed by atoms with Crippen molar-refractivity contribution in [2.45, 2.75) is 12.8 Å². The van der Waals surface area contributed by atoms with E-state index in [9.17, 15) is 14.4 Å². The molecule has 0 aromatic heterocycles. The van der Waals surface area contributed by atoms with Crippen LogP contribution in [0, 0.1) is 5.92 Å². The van der Waals surface area contributed by atoms with Crippen LogP contribution in [-0.2, 0) is 9.59 Å². The first-order valence-electron chi connectivity index (χ1n) is 9.72. The van der Waals surface area contributed by atoms with Crippen LogP contribution >= 0.6 is 0 Å². The number of nitrogens with zero attached hydrogens (tertiary/aromatic N) is 1. The van der Waals surface area contributed by atoms with Crippen LogP contribution in [0.25, 0.3) is 6.08 Å². The van der Waals surface area contributed by atoms with Crippen molar-refractivity contribution in [1.82, 2.24) is 10.2 Å². The van der Waals surface area contributed by atoms with Crippen LogP contribution in [0.4, 0.5) is 5.69 Å². The summed E-state index contributed by atoms with van der Waals surface area (Å²) >= 11 is 0. The lowest BCUT2D eigenvalue weighted by molar-refractivity contribution is -0.130. The Balaban J connectivity index is 1.48. The van der Waals surface area contributed by atoms with E-state index in [4.69, 9.17) is 0 Å². The van der Waals surface area contributed by atoms with E-state index in [0.29, 0.717) is 37.2 Å². The molecule has 1 fully saturated rings. The number of nitrogens with one attached hydrogen (secondary N) is 2. The Morgan fingerprint density at radius 2 is 1.62 bits per heavy atom. The van der Waals surface area contributed by atoms with Crippen LogP contribution in [0.15, 0.2) is 60.7 Å². The third kappa shape index (κ3) is 5.54. The third-order valence-corrected chi connectivity index (χ3v) is 5.04. The molecule has 3 rings (SSSR count). The molecule has 2 N–H and O–H groups in total. The highest BCUT2D eigenvalue weighted by atomic mass is 16.2. The maximum absolute atomic E-state index is 12.5. The number of benzene rings is 2. The Kier molecular flexibility index (Phi) is 6.79. The van der Waals surface area contributed by atoms with Gasteiger partial charge < -0.3 is 15.5 Å². The fourth-order valence-corrected chi connectivity index (χ4v) is 3.29. The van der Waals surface area contributed by atoms with Crippen molar-refractivity contribution in [1.29, 1.82) is 0 Å². The molecule has 1 aliphatic rings. The molecule has 0 saturated carbocycles. The van der Waals surface area contributed by atoms with Crippen molar-refractivity contribution in [3.8, 4) is 0 Å². The number of carbonyl (C=O) groups is 3. The SMILES string of the molecule is CNC(=O)c1ccc(NC(=O)C2CCN(C(=O)/C=C/c3ccccc3)CC2)cc1. The Morgan fingerprint density at radius 1 is 0.966 bits per heavy atom. The average Bonchev–Trinajstić information content (AvgIpc) is 2.78. The van der Waals surface area contributed by atoms with Crippen LogP contribution in [0.2, 0.25) is 0 Å². The fraction of sp³-hybridized carbons (Fsp3) is 0.261. The second-order valence-corrected chi connectivity index (χ2v) is 6.99. The molecule has 0 spiro atoms. The maximum Gasteiger partial charge on any atom is 0.251 e. The smallest absolute Gasteiger partial charge is 0.251 e. The Bertz CT molecular complexity index is 883. The van der Waals surface area contributed by atoms with Crippen molar-refractivity contribution in [2.24, 2.45) is 5.92 Å². The molecule has 1 aliphatic heterocycles. The van der Waals surface area contributed by atoms with Crippen molar-refractivity contribution in [3.63, 3.8) is 0 Å². The topological polar surface area (TPSA) is 78.5 Å². The van der Waals surface area contributed by atoms with Crippen molar-refractivity contribution in [3.05, 3.63) is 71.8 Å². The molecule has 2 aromatic carbocycles. The van der Waals surface area contributed by atoms with E-state index in [1.54, 1.807) is 42.3 Å². The van der Waals surface area contributed by atoms with Gasteiger partial charge in [-0.1, -0.05) is 30.3 Å². The zero-order chi connectivity index (χ0) is 20.6. The predicted molar refractivity (Wildman–Crippen MR) is 113 cm³/mol. The maximum atomic E-state index is 12.5. The summed E-state index contributed by atoms with van der Waals surface area (Å²) in [6, 6.07) is 16.5. The van der Waals surface area contributed by atoms with Gasteiger partial charge in [-0.3, -0.25) is 14.4 Å². The van der Waals surface area contributed by atoms with Gasteiger partial charge in [0.2, 0.25) is 11.8 Å². The van der Waals surface area contributed by atoms with E-state index in [1.165, 1.54) is 0 Å². The second kappa shape index (κ2) is 9.68. The van der Waals surface area contributed by atoms with Crippen LogP contribution in [-0.4, -0.2) is 42.8 Å². The molecule has 6 heteroatoms. The molecule has 3 amide bonds. The molecule has 0 unspecified atom stereocenters. The third-order valence-electron chi connectivity index (χ3n) is 5.04. The van der Waals surface area contributed by atoms with Crippen LogP contribution in [0.3, 0.4) is 0 Å². The standard InChI is InChI=1S/C23H25N3O3/c1-24-22(28)18-8-10-20(11-9-18)25-23(29)19-13-15-26(16-14-19)21(27)12-7-17-5-3-2-4-6-17/h2-12,19H,13-16H2,1H3,(H,24,28)(H,25,29)/b12-7+.